The molecular formula is C20H20N4O3. The van der Waals surface area contributed by atoms with Gasteiger partial charge in [-0.1, -0.05) is 35.9 Å². The van der Waals surface area contributed by atoms with Gasteiger partial charge in [-0.3, -0.25) is 10.1 Å². The quantitative estimate of drug-likeness (QED) is 0.753. The Morgan fingerprint density at radius 3 is 2.78 bits per heavy atom. The number of methoxy groups -OCH3 is 1. The lowest BCUT2D eigenvalue weighted by Crippen LogP contribution is -2.29. The van der Waals surface area contributed by atoms with Crippen LogP contribution in [0.2, 0.25) is 0 Å². The fourth-order valence-corrected chi connectivity index (χ4v) is 3.12. The van der Waals surface area contributed by atoms with Crippen molar-refractivity contribution in [2.75, 3.05) is 12.4 Å². The van der Waals surface area contributed by atoms with E-state index in [2.05, 4.69) is 34.5 Å². The molecule has 1 aliphatic rings. The zero-order chi connectivity index (χ0) is 18.8. The smallest absolute Gasteiger partial charge is 0.229 e. The van der Waals surface area contributed by atoms with Gasteiger partial charge in [-0.2, -0.15) is 10.1 Å². The molecule has 1 unspecified atom stereocenters. The number of aryl methyl sites for hydroxylation is 1. The van der Waals surface area contributed by atoms with Crippen molar-refractivity contribution in [2.24, 2.45) is 0 Å². The van der Waals surface area contributed by atoms with Gasteiger partial charge in [0.15, 0.2) is 11.5 Å². The van der Waals surface area contributed by atoms with Gasteiger partial charge >= 0.3 is 0 Å². The number of nitrogens with zero attached hydrogens (tertiary/aromatic N) is 3. The second-order valence-corrected chi connectivity index (χ2v) is 6.48. The molecule has 4 rings (SSSR count). The highest BCUT2D eigenvalue weighted by Crippen LogP contribution is 2.35. The summed E-state index contributed by atoms with van der Waals surface area (Å²) < 4.78 is 13.2. The molecule has 0 saturated heterocycles. The highest BCUT2D eigenvalue weighted by molar-refractivity contribution is 5.91. The molecule has 0 bridgehead atoms. The van der Waals surface area contributed by atoms with Gasteiger partial charge < -0.3 is 9.47 Å². The summed E-state index contributed by atoms with van der Waals surface area (Å²) in [6.07, 6.45) is 1.73. The van der Waals surface area contributed by atoms with Gasteiger partial charge in [0.1, 0.15) is 12.9 Å². The minimum absolute atomic E-state index is 0.0841. The highest BCUT2D eigenvalue weighted by Gasteiger charge is 2.28. The maximum absolute atomic E-state index is 12.0. The number of fused-ring (bicyclic) bond motifs is 1. The van der Waals surface area contributed by atoms with Crippen LogP contribution in [0.3, 0.4) is 0 Å². The van der Waals surface area contributed by atoms with E-state index >= 15 is 0 Å². The van der Waals surface area contributed by atoms with Gasteiger partial charge in [0, 0.05) is 0 Å². The standard InChI is InChI=1S/C20H20N4O3/c1-13-3-5-14(6-4-13)11-27-17-8-7-15(9-18(17)26-2)16-10-19(25)23-20-21-12-22-24(16)20/h3-9,12,16H,10-11H2,1-2H3,(H,21,22,23,25). The van der Waals surface area contributed by atoms with E-state index < -0.39 is 0 Å². The highest BCUT2D eigenvalue weighted by atomic mass is 16.5. The van der Waals surface area contributed by atoms with Gasteiger partial charge in [-0.05, 0) is 30.2 Å². The molecule has 7 nitrogen and oxygen atoms in total. The normalized spacial score (nSPS) is 15.8. The lowest BCUT2D eigenvalue weighted by atomic mass is 10.0. The summed E-state index contributed by atoms with van der Waals surface area (Å²) in [7, 11) is 1.60. The molecule has 2 heterocycles. The number of anilines is 1. The average Bonchev–Trinajstić information content (AvgIpc) is 3.15. The third-order valence-electron chi connectivity index (χ3n) is 4.59. The van der Waals surface area contributed by atoms with Crippen LogP contribution in [0.4, 0.5) is 5.95 Å². The maximum Gasteiger partial charge on any atom is 0.229 e. The van der Waals surface area contributed by atoms with E-state index in [1.54, 1.807) is 11.8 Å². The Bertz CT molecular complexity index is 966. The number of carbonyl (C=O) groups excluding carboxylic acids is 1. The van der Waals surface area contributed by atoms with E-state index in [4.69, 9.17) is 9.47 Å². The van der Waals surface area contributed by atoms with Crippen molar-refractivity contribution >= 4 is 11.9 Å². The number of ether oxygens (including phenoxy) is 2. The Morgan fingerprint density at radius 1 is 1.19 bits per heavy atom. The van der Waals surface area contributed by atoms with Crippen molar-refractivity contribution in [2.45, 2.75) is 26.0 Å². The van der Waals surface area contributed by atoms with E-state index in [1.807, 2.05) is 30.3 Å². The lowest BCUT2D eigenvalue weighted by Gasteiger charge is -2.24. The Labute approximate surface area is 156 Å². The van der Waals surface area contributed by atoms with E-state index in [0.717, 1.165) is 11.1 Å². The summed E-state index contributed by atoms with van der Waals surface area (Å²) in [4.78, 5) is 16.0. The van der Waals surface area contributed by atoms with E-state index in [1.165, 1.54) is 11.9 Å². The van der Waals surface area contributed by atoms with E-state index in [-0.39, 0.29) is 11.9 Å². The van der Waals surface area contributed by atoms with Crippen LogP contribution in [0.25, 0.3) is 0 Å². The number of benzene rings is 2. The van der Waals surface area contributed by atoms with Crippen LogP contribution in [0.15, 0.2) is 48.8 Å². The topological polar surface area (TPSA) is 78.3 Å². The van der Waals surface area contributed by atoms with Gasteiger partial charge in [0.25, 0.3) is 0 Å². The first-order chi connectivity index (χ1) is 13.1. The Hall–Kier alpha value is -3.35. The van der Waals surface area contributed by atoms with E-state index in [9.17, 15) is 4.79 Å². The van der Waals surface area contributed by atoms with Gasteiger partial charge in [0.2, 0.25) is 11.9 Å². The number of hydrogen-bond acceptors (Lipinski definition) is 5. The maximum atomic E-state index is 12.0. The van der Waals surface area contributed by atoms with E-state index in [0.29, 0.717) is 30.5 Å². The molecule has 0 saturated carbocycles. The summed E-state index contributed by atoms with van der Waals surface area (Å²) in [6, 6.07) is 13.7. The van der Waals surface area contributed by atoms with Crippen molar-refractivity contribution < 1.29 is 14.3 Å². The third-order valence-corrected chi connectivity index (χ3v) is 4.59. The molecule has 0 radical (unpaired) electrons. The first-order valence-electron chi connectivity index (χ1n) is 8.69. The van der Waals surface area contributed by atoms with Crippen molar-refractivity contribution in [3.8, 4) is 11.5 Å². The predicted octanol–water partition coefficient (Wildman–Crippen LogP) is 3.11. The number of hydrogen-bond donors (Lipinski definition) is 1. The summed E-state index contributed by atoms with van der Waals surface area (Å²) in [5, 5.41) is 6.95. The minimum atomic E-state index is -0.226. The number of aromatic nitrogens is 3. The largest absolute Gasteiger partial charge is 0.493 e. The Kier molecular flexibility index (Phi) is 4.50. The fourth-order valence-electron chi connectivity index (χ4n) is 3.12. The van der Waals surface area contributed by atoms with Crippen LogP contribution < -0.4 is 14.8 Å². The minimum Gasteiger partial charge on any atom is -0.493 e. The molecule has 1 N–H and O–H groups in total. The first-order valence-corrected chi connectivity index (χ1v) is 8.69. The molecule has 1 amide bonds. The molecule has 1 aliphatic heterocycles. The van der Waals surface area contributed by atoms with Gasteiger partial charge in [0.05, 0.1) is 19.6 Å². The molecule has 3 aromatic rings. The van der Waals surface area contributed by atoms with Crippen LogP contribution in [0.5, 0.6) is 11.5 Å². The molecule has 1 atom stereocenters. The molecule has 0 fully saturated rings. The van der Waals surface area contributed by atoms with Crippen molar-refractivity contribution in [3.05, 3.63) is 65.5 Å². The van der Waals surface area contributed by atoms with Crippen LogP contribution in [0.1, 0.15) is 29.2 Å². The SMILES string of the molecule is COc1cc(C2CC(=O)Nc3ncnn32)ccc1OCc1ccc(C)cc1. The van der Waals surface area contributed by atoms with Crippen LogP contribution in [0, 0.1) is 6.92 Å². The third kappa shape index (κ3) is 3.48. The fraction of sp³-hybridized carbons (Fsp3) is 0.250. The Morgan fingerprint density at radius 2 is 2.00 bits per heavy atom. The second kappa shape index (κ2) is 7.11. The number of amides is 1. The Balaban J connectivity index is 1.57. The molecule has 7 heteroatoms. The molecule has 138 valence electrons. The van der Waals surface area contributed by atoms with Crippen molar-refractivity contribution in [1.82, 2.24) is 14.8 Å². The summed E-state index contributed by atoms with van der Waals surface area (Å²) in [5.74, 6) is 1.64. The zero-order valence-corrected chi connectivity index (χ0v) is 15.2. The predicted molar refractivity (Wildman–Crippen MR) is 99.9 cm³/mol. The van der Waals surface area contributed by atoms with Crippen molar-refractivity contribution in [3.63, 3.8) is 0 Å². The number of nitrogens with one attached hydrogen (secondary N) is 1. The molecule has 1 aromatic heterocycles. The number of carbonyl (C=O) groups is 1. The molecular weight excluding hydrogens is 344 g/mol. The van der Waals surface area contributed by atoms with Gasteiger partial charge in [-0.25, -0.2) is 4.68 Å². The molecule has 2 aromatic carbocycles. The molecule has 0 spiro atoms. The zero-order valence-electron chi connectivity index (χ0n) is 15.2. The lowest BCUT2D eigenvalue weighted by molar-refractivity contribution is -0.117. The average molecular weight is 364 g/mol. The monoisotopic (exact) mass is 364 g/mol. The van der Waals surface area contributed by atoms with Crippen LogP contribution in [-0.4, -0.2) is 27.8 Å². The first kappa shape index (κ1) is 17.1. The molecule has 27 heavy (non-hydrogen) atoms. The second-order valence-electron chi connectivity index (χ2n) is 6.48. The van der Waals surface area contributed by atoms with Crippen LogP contribution >= 0.6 is 0 Å². The summed E-state index contributed by atoms with van der Waals surface area (Å²) >= 11 is 0. The number of rotatable bonds is 5. The molecule has 0 aliphatic carbocycles. The van der Waals surface area contributed by atoms with Crippen LogP contribution in [-0.2, 0) is 11.4 Å². The van der Waals surface area contributed by atoms with Crippen molar-refractivity contribution in [1.29, 1.82) is 0 Å². The van der Waals surface area contributed by atoms with Gasteiger partial charge in [-0.15, -0.1) is 0 Å². The summed E-state index contributed by atoms with van der Waals surface area (Å²) in [5.41, 5.74) is 3.21. The summed E-state index contributed by atoms with van der Waals surface area (Å²) in [6.45, 7) is 2.51.